The van der Waals surface area contributed by atoms with Gasteiger partial charge in [0.05, 0.1) is 12.7 Å². The van der Waals surface area contributed by atoms with Crippen molar-refractivity contribution in [2.24, 2.45) is 0 Å². The molecule has 0 bridgehead atoms. The Morgan fingerprint density at radius 1 is 1.42 bits per heavy atom. The topological polar surface area (TPSA) is 53.6 Å². The Labute approximate surface area is 116 Å². The van der Waals surface area contributed by atoms with Gasteiger partial charge in [0.2, 0.25) is 5.91 Å². The first kappa shape index (κ1) is 14.8. The average molecular weight is 269 g/mol. The van der Waals surface area contributed by atoms with Gasteiger partial charge in [-0.25, -0.2) is 0 Å². The van der Waals surface area contributed by atoms with Crippen molar-refractivity contribution in [2.75, 3.05) is 32.8 Å². The van der Waals surface area contributed by atoms with Crippen LogP contribution in [-0.4, -0.2) is 61.8 Å². The van der Waals surface area contributed by atoms with Crippen molar-refractivity contribution in [2.45, 2.75) is 51.3 Å². The van der Waals surface area contributed by atoms with Crippen LogP contribution in [0.15, 0.2) is 0 Å². The third kappa shape index (κ3) is 5.47. The van der Waals surface area contributed by atoms with Gasteiger partial charge in [0, 0.05) is 44.7 Å². The van der Waals surface area contributed by atoms with E-state index in [1.165, 1.54) is 0 Å². The zero-order chi connectivity index (χ0) is 13.7. The second kappa shape index (κ2) is 7.22. The molecule has 2 N–H and O–H groups in total. The summed E-state index contributed by atoms with van der Waals surface area (Å²) in [7, 11) is 0. The van der Waals surface area contributed by atoms with Crippen LogP contribution < -0.4 is 10.6 Å². The van der Waals surface area contributed by atoms with Gasteiger partial charge in [-0.15, -0.1) is 0 Å². The van der Waals surface area contributed by atoms with Crippen molar-refractivity contribution in [3.8, 4) is 0 Å². The van der Waals surface area contributed by atoms with E-state index in [0.717, 1.165) is 45.6 Å². The van der Waals surface area contributed by atoms with Crippen LogP contribution in [0.2, 0.25) is 0 Å². The van der Waals surface area contributed by atoms with Gasteiger partial charge in [-0.05, 0) is 26.7 Å². The van der Waals surface area contributed by atoms with E-state index in [4.69, 9.17) is 4.74 Å². The fourth-order valence-electron chi connectivity index (χ4n) is 2.33. The predicted octanol–water partition coefficient (Wildman–Crippen LogP) is 0.354. The minimum atomic E-state index is 0.170. The normalized spacial score (nSPS) is 24.7. The molecule has 2 rings (SSSR count). The van der Waals surface area contributed by atoms with Crippen LogP contribution in [0.25, 0.3) is 0 Å². The summed E-state index contributed by atoms with van der Waals surface area (Å²) in [5.74, 6) is 0.170. The molecule has 1 saturated heterocycles. The number of rotatable bonds is 7. The van der Waals surface area contributed by atoms with E-state index in [0.29, 0.717) is 18.5 Å². The highest BCUT2D eigenvalue weighted by molar-refractivity contribution is 5.76. The molecular weight excluding hydrogens is 242 g/mol. The Bertz CT molecular complexity index is 292. The minimum Gasteiger partial charge on any atom is -0.374 e. The molecule has 1 saturated carbocycles. The lowest BCUT2D eigenvalue weighted by Crippen LogP contribution is -2.49. The van der Waals surface area contributed by atoms with Crippen molar-refractivity contribution in [3.63, 3.8) is 0 Å². The second-order valence-electron chi connectivity index (χ2n) is 5.88. The molecule has 0 aromatic rings. The van der Waals surface area contributed by atoms with E-state index in [2.05, 4.69) is 29.4 Å². The monoisotopic (exact) mass is 269 g/mol. The second-order valence-corrected chi connectivity index (χ2v) is 5.88. The largest absolute Gasteiger partial charge is 0.374 e. The first-order chi connectivity index (χ1) is 9.15. The van der Waals surface area contributed by atoms with Gasteiger partial charge in [0.25, 0.3) is 0 Å². The molecule has 1 unspecified atom stereocenters. The molecule has 1 aliphatic carbocycles. The van der Waals surface area contributed by atoms with Crippen molar-refractivity contribution < 1.29 is 9.53 Å². The number of carbonyl (C=O) groups is 1. The van der Waals surface area contributed by atoms with E-state index < -0.39 is 0 Å². The zero-order valence-corrected chi connectivity index (χ0v) is 12.2. The zero-order valence-electron chi connectivity index (χ0n) is 12.2. The Balaban J connectivity index is 1.53. The van der Waals surface area contributed by atoms with Crippen LogP contribution in [0.5, 0.6) is 0 Å². The van der Waals surface area contributed by atoms with Crippen LogP contribution in [0.3, 0.4) is 0 Å². The quantitative estimate of drug-likeness (QED) is 0.655. The van der Waals surface area contributed by atoms with Crippen molar-refractivity contribution in [1.29, 1.82) is 0 Å². The molecule has 0 spiro atoms. The molecule has 0 aromatic heterocycles. The van der Waals surface area contributed by atoms with Gasteiger partial charge in [-0.1, -0.05) is 0 Å². The molecule has 5 heteroatoms. The summed E-state index contributed by atoms with van der Waals surface area (Å²) in [5, 5.41) is 6.32. The minimum absolute atomic E-state index is 0.170. The number of hydrogen-bond donors (Lipinski definition) is 2. The summed E-state index contributed by atoms with van der Waals surface area (Å²) in [6, 6.07) is 1.05. The maximum atomic E-state index is 11.5. The highest BCUT2D eigenvalue weighted by Gasteiger charge is 2.23. The van der Waals surface area contributed by atoms with Gasteiger partial charge in [0.15, 0.2) is 0 Å². The maximum Gasteiger partial charge on any atom is 0.221 e. The van der Waals surface area contributed by atoms with E-state index in [1.807, 2.05) is 0 Å². The van der Waals surface area contributed by atoms with Gasteiger partial charge >= 0.3 is 0 Å². The molecule has 0 radical (unpaired) electrons. The van der Waals surface area contributed by atoms with Crippen molar-refractivity contribution in [3.05, 3.63) is 0 Å². The molecule has 110 valence electrons. The summed E-state index contributed by atoms with van der Waals surface area (Å²) >= 11 is 0. The summed E-state index contributed by atoms with van der Waals surface area (Å²) in [5.41, 5.74) is 0. The fourth-order valence-corrected chi connectivity index (χ4v) is 2.33. The van der Waals surface area contributed by atoms with Gasteiger partial charge in [0.1, 0.15) is 0 Å². The standard InChI is InChI=1S/C14H27N3O2/c1-11(2)17-7-8-19-13(10-17)9-15-6-5-14(18)16-12-3-4-12/h11-13,15H,3-10H2,1-2H3,(H,16,18). The Hall–Kier alpha value is -0.650. The van der Waals surface area contributed by atoms with Gasteiger partial charge in [-0.2, -0.15) is 0 Å². The number of morpholine rings is 1. The smallest absolute Gasteiger partial charge is 0.221 e. The van der Waals surface area contributed by atoms with E-state index in [-0.39, 0.29) is 12.0 Å². The summed E-state index contributed by atoms with van der Waals surface area (Å²) in [4.78, 5) is 13.9. The average Bonchev–Trinajstić information content (AvgIpc) is 3.19. The molecule has 1 heterocycles. The molecule has 2 fully saturated rings. The molecule has 0 aromatic carbocycles. The Morgan fingerprint density at radius 2 is 2.21 bits per heavy atom. The lowest BCUT2D eigenvalue weighted by molar-refractivity contribution is -0.121. The molecule has 1 atom stereocenters. The van der Waals surface area contributed by atoms with E-state index in [9.17, 15) is 4.79 Å². The first-order valence-corrected chi connectivity index (χ1v) is 7.51. The van der Waals surface area contributed by atoms with Crippen LogP contribution in [0.1, 0.15) is 33.1 Å². The fraction of sp³-hybridized carbons (Fsp3) is 0.929. The lowest BCUT2D eigenvalue weighted by Gasteiger charge is -2.35. The summed E-state index contributed by atoms with van der Waals surface area (Å²) in [6.07, 6.45) is 3.12. The number of nitrogens with zero attached hydrogens (tertiary/aromatic N) is 1. The SMILES string of the molecule is CC(C)N1CCOC(CNCCC(=O)NC2CC2)C1. The molecule has 5 nitrogen and oxygen atoms in total. The third-order valence-electron chi connectivity index (χ3n) is 3.74. The molecule has 19 heavy (non-hydrogen) atoms. The lowest BCUT2D eigenvalue weighted by atomic mass is 10.2. The van der Waals surface area contributed by atoms with Crippen LogP contribution in [0.4, 0.5) is 0 Å². The molecule has 1 aliphatic heterocycles. The molecule has 1 amide bonds. The van der Waals surface area contributed by atoms with Crippen LogP contribution in [-0.2, 0) is 9.53 Å². The van der Waals surface area contributed by atoms with E-state index in [1.54, 1.807) is 0 Å². The number of carbonyl (C=O) groups excluding carboxylic acids is 1. The predicted molar refractivity (Wildman–Crippen MR) is 75.1 cm³/mol. The maximum absolute atomic E-state index is 11.5. The van der Waals surface area contributed by atoms with Gasteiger partial charge in [-0.3, -0.25) is 9.69 Å². The highest BCUT2D eigenvalue weighted by atomic mass is 16.5. The molecular formula is C14H27N3O2. The van der Waals surface area contributed by atoms with Crippen molar-refractivity contribution >= 4 is 5.91 Å². The number of ether oxygens (including phenoxy) is 1. The van der Waals surface area contributed by atoms with Crippen LogP contribution >= 0.6 is 0 Å². The number of nitrogens with one attached hydrogen (secondary N) is 2. The Morgan fingerprint density at radius 3 is 2.89 bits per heavy atom. The van der Waals surface area contributed by atoms with Crippen LogP contribution in [0, 0.1) is 0 Å². The Kier molecular flexibility index (Phi) is 5.60. The van der Waals surface area contributed by atoms with E-state index >= 15 is 0 Å². The highest BCUT2D eigenvalue weighted by Crippen LogP contribution is 2.18. The van der Waals surface area contributed by atoms with Crippen molar-refractivity contribution in [1.82, 2.24) is 15.5 Å². The first-order valence-electron chi connectivity index (χ1n) is 7.51. The third-order valence-corrected chi connectivity index (χ3v) is 3.74. The van der Waals surface area contributed by atoms with Gasteiger partial charge < -0.3 is 15.4 Å². The summed E-state index contributed by atoms with van der Waals surface area (Å²) in [6.45, 7) is 8.83. The number of hydrogen-bond acceptors (Lipinski definition) is 4. The number of amides is 1. The summed E-state index contributed by atoms with van der Waals surface area (Å²) < 4.78 is 5.74. The molecule has 2 aliphatic rings.